The minimum Gasteiger partial charge on any atom is -0.497 e. The molecule has 9 heteroatoms. The predicted octanol–water partition coefficient (Wildman–Crippen LogP) is 4.25. The first-order valence-electron chi connectivity index (χ1n) is 10.3. The van der Waals surface area contributed by atoms with Crippen molar-refractivity contribution in [1.82, 2.24) is 10.2 Å². The van der Waals surface area contributed by atoms with E-state index < -0.39 is 17.2 Å². The Hall–Kier alpha value is -3.59. The first-order valence-corrected chi connectivity index (χ1v) is 11.2. The number of hydrogen-bond acceptors (Lipinski definition) is 8. The fraction of sp³-hybridized carbons (Fsp3) is 0.250. The smallest absolute Gasteiger partial charge is 0.300 e. The maximum Gasteiger partial charge on any atom is 0.300 e. The van der Waals surface area contributed by atoms with Gasteiger partial charge in [0.05, 0.1) is 31.0 Å². The highest BCUT2D eigenvalue weighted by molar-refractivity contribution is 7.99. The van der Waals surface area contributed by atoms with Crippen LogP contribution in [-0.2, 0) is 4.79 Å². The monoisotopic (exact) mass is 463 g/mol. The zero-order chi connectivity index (χ0) is 23.3. The van der Waals surface area contributed by atoms with Gasteiger partial charge in [0.1, 0.15) is 11.5 Å². The van der Waals surface area contributed by atoms with Gasteiger partial charge in [-0.1, -0.05) is 17.8 Å². The van der Waals surface area contributed by atoms with Gasteiger partial charge in [-0.2, -0.15) is 0 Å². The second-order valence-corrected chi connectivity index (χ2v) is 9.18. The summed E-state index contributed by atoms with van der Waals surface area (Å²) in [4.78, 5) is 26.9. The van der Waals surface area contributed by atoms with Crippen LogP contribution in [0.15, 0.2) is 52.1 Å². The van der Waals surface area contributed by atoms with E-state index in [2.05, 4.69) is 10.2 Å². The van der Waals surface area contributed by atoms with Gasteiger partial charge in [0, 0.05) is 16.9 Å². The van der Waals surface area contributed by atoms with Crippen LogP contribution in [0.1, 0.15) is 29.8 Å². The average molecular weight is 464 g/mol. The number of methoxy groups -OCH3 is 2. The standard InChI is InChI=1S/C24H21N3O5S/c1-24(2)11-14(17-9-16(31-4)10-18-19(17)27(24)22(29)20(18)28)12-33-23-26-25-21(32-23)13-5-7-15(30-3)8-6-13/h5-11H,12H2,1-4H3. The Balaban J connectivity index is 1.44. The number of thioether (sulfide) groups is 1. The summed E-state index contributed by atoms with van der Waals surface area (Å²) in [6, 6.07) is 10.9. The molecule has 1 amide bonds. The highest BCUT2D eigenvalue weighted by Gasteiger charge is 2.47. The summed E-state index contributed by atoms with van der Waals surface area (Å²) in [5, 5.41) is 8.73. The van der Waals surface area contributed by atoms with Gasteiger partial charge in [0.15, 0.2) is 0 Å². The van der Waals surface area contributed by atoms with Crippen molar-refractivity contribution in [1.29, 1.82) is 0 Å². The number of benzene rings is 2. The Morgan fingerprint density at radius 1 is 1.00 bits per heavy atom. The fourth-order valence-corrected chi connectivity index (χ4v) is 4.95. The van der Waals surface area contributed by atoms with E-state index in [1.54, 1.807) is 18.1 Å². The molecule has 2 aliphatic heterocycles. The normalized spacial score (nSPS) is 16.0. The lowest BCUT2D eigenvalue weighted by molar-refractivity contribution is -0.115. The van der Waals surface area contributed by atoms with E-state index in [1.165, 1.54) is 18.9 Å². The van der Waals surface area contributed by atoms with Gasteiger partial charge in [-0.15, -0.1) is 10.2 Å². The number of carbonyl (C=O) groups is 2. The van der Waals surface area contributed by atoms with Crippen molar-refractivity contribution >= 4 is 34.7 Å². The van der Waals surface area contributed by atoms with Crippen LogP contribution < -0.4 is 14.4 Å². The van der Waals surface area contributed by atoms with Gasteiger partial charge in [-0.25, -0.2) is 0 Å². The summed E-state index contributed by atoms with van der Waals surface area (Å²) in [6.45, 7) is 3.83. The molecule has 0 N–H and O–H groups in total. The van der Waals surface area contributed by atoms with Crippen molar-refractivity contribution in [3.05, 3.63) is 53.6 Å². The summed E-state index contributed by atoms with van der Waals surface area (Å²) >= 11 is 1.39. The molecule has 0 saturated carbocycles. The molecule has 0 aliphatic carbocycles. The van der Waals surface area contributed by atoms with E-state index in [1.807, 2.05) is 50.3 Å². The Morgan fingerprint density at radius 3 is 2.39 bits per heavy atom. The third-order valence-electron chi connectivity index (χ3n) is 5.73. The molecule has 0 atom stereocenters. The number of ketones is 1. The minimum absolute atomic E-state index is 0.373. The Kier molecular flexibility index (Phi) is 5.01. The Labute approximate surface area is 194 Å². The van der Waals surface area contributed by atoms with E-state index in [0.717, 1.165) is 22.4 Å². The number of hydrogen-bond donors (Lipinski definition) is 0. The molecule has 0 spiro atoms. The molecule has 3 heterocycles. The molecule has 168 valence electrons. The minimum atomic E-state index is -0.654. The van der Waals surface area contributed by atoms with Gasteiger partial charge in [0.25, 0.3) is 16.9 Å². The number of nitrogens with zero attached hydrogens (tertiary/aromatic N) is 3. The number of rotatable bonds is 6. The lowest BCUT2D eigenvalue weighted by Gasteiger charge is -2.38. The topological polar surface area (TPSA) is 94.8 Å². The van der Waals surface area contributed by atoms with Gasteiger partial charge in [-0.3, -0.25) is 14.5 Å². The highest BCUT2D eigenvalue weighted by Crippen LogP contribution is 2.48. The van der Waals surface area contributed by atoms with E-state index in [-0.39, 0.29) is 0 Å². The molecule has 0 unspecified atom stereocenters. The summed E-state index contributed by atoms with van der Waals surface area (Å²) in [7, 11) is 3.15. The van der Waals surface area contributed by atoms with Crippen molar-refractivity contribution < 1.29 is 23.5 Å². The van der Waals surface area contributed by atoms with Crippen LogP contribution in [0.25, 0.3) is 17.0 Å². The molecule has 33 heavy (non-hydrogen) atoms. The quantitative estimate of drug-likeness (QED) is 0.396. The maximum atomic E-state index is 12.7. The third kappa shape index (κ3) is 3.48. The van der Waals surface area contributed by atoms with E-state index in [0.29, 0.717) is 33.9 Å². The zero-order valence-electron chi connectivity index (χ0n) is 18.5. The molecule has 5 rings (SSSR count). The maximum absolute atomic E-state index is 12.7. The van der Waals surface area contributed by atoms with Crippen molar-refractivity contribution in [2.45, 2.75) is 24.6 Å². The van der Waals surface area contributed by atoms with Gasteiger partial charge >= 0.3 is 0 Å². The molecule has 8 nitrogen and oxygen atoms in total. The second kappa shape index (κ2) is 7.77. The summed E-state index contributed by atoms with van der Waals surface area (Å²) < 4.78 is 16.4. The molecule has 0 bridgehead atoms. The van der Waals surface area contributed by atoms with Gasteiger partial charge < -0.3 is 13.9 Å². The third-order valence-corrected chi connectivity index (χ3v) is 6.60. The number of aromatic nitrogens is 2. The van der Waals surface area contributed by atoms with Gasteiger partial charge in [0.2, 0.25) is 5.89 Å². The summed E-state index contributed by atoms with van der Waals surface area (Å²) in [6.07, 6.45) is 2.00. The number of amides is 1. The van der Waals surface area contributed by atoms with Crippen LogP contribution in [0, 0.1) is 0 Å². The molecule has 2 aromatic carbocycles. The van der Waals surface area contributed by atoms with Crippen molar-refractivity contribution in [3.63, 3.8) is 0 Å². The van der Waals surface area contributed by atoms with Crippen LogP contribution in [-0.4, -0.2) is 47.4 Å². The van der Waals surface area contributed by atoms with Crippen molar-refractivity contribution in [3.8, 4) is 23.0 Å². The van der Waals surface area contributed by atoms with Crippen LogP contribution in [0.5, 0.6) is 11.5 Å². The van der Waals surface area contributed by atoms with Crippen LogP contribution in [0.4, 0.5) is 5.69 Å². The van der Waals surface area contributed by atoms with Crippen LogP contribution >= 0.6 is 11.8 Å². The predicted molar refractivity (Wildman–Crippen MR) is 124 cm³/mol. The average Bonchev–Trinajstić information content (AvgIpc) is 3.39. The molecule has 2 aliphatic rings. The largest absolute Gasteiger partial charge is 0.497 e. The number of anilines is 1. The van der Waals surface area contributed by atoms with Crippen LogP contribution in [0.3, 0.4) is 0 Å². The summed E-state index contributed by atoms with van der Waals surface area (Å²) in [5.74, 6) is 1.18. The summed E-state index contributed by atoms with van der Waals surface area (Å²) in [5.41, 5.74) is 2.91. The van der Waals surface area contributed by atoms with Crippen molar-refractivity contribution in [2.24, 2.45) is 0 Å². The first-order chi connectivity index (χ1) is 15.8. The molecule has 0 saturated heterocycles. The van der Waals surface area contributed by atoms with E-state index in [4.69, 9.17) is 13.9 Å². The number of Topliss-reactive ketones (excluding diaryl/α,β-unsaturated/α-hetero) is 1. The lowest BCUT2D eigenvalue weighted by Crippen LogP contribution is -2.47. The van der Waals surface area contributed by atoms with Crippen molar-refractivity contribution in [2.75, 3.05) is 24.9 Å². The fourth-order valence-electron chi connectivity index (χ4n) is 4.20. The first kappa shape index (κ1) is 21.3. The number of ether oxygens (including phenoxy) is 2. The van der Waals surface area contributed by atoms with E-state index in [9.17, 15) is 9.59 Å². The van der Waals surface area contributed by atoms with Gasteiger partial charge in [-0.05, 0) is 55.8 Å². The molecule has 3 aromatic rings. The SMILES string of the molecule is COc1ccc(-c2nnc(SCC3=CC(C)(C)N4C(=O)C(=O)c5cc(OC)cc3c54)o2)cc1. The molecule has 0 radical (unpaired) electrons. The second-order valence-electron chi connectivity index (χ2n) is 8.25. The highest BCUT2D eigenvalue weighted by atomic mass is 32.2. The van der Waals surface area contributed by atoms with E-state index >= 15 is 0 Å². The molecule has 1 aromatic heterocycles. The zero-order valence-corrected chi connectivity index (χ0v) is 19.4. The Morgan fingerprint density at radius 2 is 1.70 bits per heavy atom. The molecular formula is C24H21N3O5S. The van der Waals surface area contributed by atoms with Crippen LogP contribution in [0.2, 0.25) is 0 Å². The number of carbonyl (C=O) groups excluding carboxylic acids is 2. The molecular weight excluding hydrogens is 442 g/mol. The molecule has 0 fully saturated rings. The Bertz CT molecular complexity index is 1310. The lowest BCUT2D eigenvalue weighted by atomic mass is 9.89.